The van der Waals surface area contributed by atoms with Gasteiger partial charge in [-0.25, -0.2) is 9.44 Å². The maximum Gasteiger partial charge on any atom is 0.276 e. The molecule has 24 heavy (non-hydrogen) atoms. The molecule has 0 aliphatic heterocycles. The Morgan fingerprint density at radius 3 is 2.12 bits per heavy atom. The van der Waals surface area contributed by atoms with E-state index in [0.29, 0.717) is 24.3 Å². The lowest BCUT2D eigenvalue weighted by Gasteiger charge is -2.37. The Morgan fingerprint density at radius 2 is 1.62 bits per heavy atom. The maximum atomic E-state index is 11.3. The van der Waals surface area contributed by atoms with Gasteiger partial charge in [0.05, 0.1) is 0 Å². The molecule has 5 heteroatoms. The fourth-order valence-corrected chi connectivity index (χ4v) is 4.17. The molecule has 1 saturated carbocycles. The quantitative estimate of drug-likeness (QED) is 0.822. The highest BCUT2D eigenvalue weighted by Crippen LogP contribution is 2.43. The van der Waals surface area contributed by atoms with Crippen LogP contribution in [0.3, 0.4) is 0 Å². The van der Waals surface area contributed by atoms with Crippen LogP contribution in [0.4, 0.5) is 0 Å². The molecule has 0 unspecified atom stereocenters. The van der Waals surface area contributed by atoms with Crippen LogP contribution < -0.4 is 9.44 Å². The van der Waals surface area contributed by atoms with E-state index in [1.165, 1.54) is 43.9 Å². The second-order valence-electron chi connectivity index (χ2n) is 8.01. The van der Waals surface area contributed by atoms with Crippen LogP contribution in [0.25, 0.3) is 0 Å². The molecule has 1 aromatic rings. The molecule has 0 bridgehead atoms. The monoisotopic (exact) mass is 352 g/mol. The summed E-state index contributed by atoms with van der Waals surface area (Å²) in [5, 5.41) is 0. The van der Waals surface area contributed by atoms with Crippen molar-refractivity contribution < 1.29 is 8.42 Å². The summed E-state index contributed by atoms with van der Waals surface area (Å²) in [5.74, 6) is 1.52. The fourth-order valence-electron chi connectivity index (χ4n) is 3.65. The van der Waals surface area contributed by atoms with Crippen LogP contribution in [0.5, 0.6) is 0 Å². The first-order valence-corrected chi connectivity index (χ1v) is 10.5. The Bertz CT molecular complexity index is 610. The maximum absolute atomic E-state index is 11.3. The van der Waals surface area contributed by atoms with Gasteiger partial charge in [-0.1, -0.05) is 45.0 Å². The Morgan fingerprint density at radius 1 is 1.04 bits per heavy atom. The van der Waals surface area contributed by atoms with E-state index in [2.05, 4.69) is 54.5 Å². The highest BCUT2D eigenvalue weighted by Gasteiger charge is 2.30. The molecule has 2 N–H and O–H groups in total. The van der Waals surface area contributed by atoms with Crippen LogP contribution in [0.1, 0.15) is 63.5 Å². The van der Waals surface area contributed by atoms with Crippen LogP contribution in [-0.2, 0) is 16.6 Å². The van der Waals surface area contributed by atoms with E-state index in [-0.39, 0.29) is 0 Å². The van der Waals surface area contributed by atoms with Crippen molar-refractivity contribution in [1.82, 2.24) is 9.44 Å². The van der Waals surface area contributed by atoms with Crippen LogP contribution in [0.15, 0.2) is 24.3 Å². The van der Waals surface area contributed by atoms with Crippen LogP contribution in [0, 0.1) is 11.3 Å². The van der Waals surface area contributed by atoms with E-state index < -0.39 is 10.2 Å². The summed E-state index contributed by atoms with van der Waals surface area (Å²) < 4.78 is 27.4. The van der Waals surface area contributed by atoms with E-state index in [9.17, 15) is 8.42 Å². The molecule has 1 aliphatic rings. The Balaban J connectivity index is 1.84. The summed E-state index contributed by atoms with van der Waals surface area (Å²) in [6.45, 7) is 7.48. The van der Waals surface area contributed by atoms with E-state index in [1.807, 2.05) is 0 Å². The summed E-state index contributed by atoms with van der Waals surface area (Å²) >= 11 is 0. The molecule has 0 saturated heterocycles. The van der Waals surface area contributed by atoms with Gasteiger partial charge < -0.3 is 0 Å². The van der Waals surface area contributed by atoms with Gasteiger partial charge >= 0.3 is 0 Å². The van der Waals surface area contributed by atoms with Crippen LogP contribution in [0.2, 0.25) is 0 Å². The molecule has 0 amide bonds. The largest absolute Gasteiger partial charge is 0.276 e. The van der Waals surface area contributed by atoms with Crippen molar-refractivity contribution in [3.8, 4) is 0 Å². The number of benzene rings is 1. The summed E-state index contributed by atoms with van der Waals surface area (Å²) in [6, 6.07) is 8.73. The van der Waals surface area contributed by atoms with Crippen molar-refractivity contribution in [2.75, 3.05) is 13.6 Å². The number of hydrogen-bond donors (Lipinski definition) is 2. The molecule has 1 fully saturated rings. The van der Waals surface area contributed by atoms with Gasteiger partial charge in [-0.2, -0.15) is 8.42 Å². The molecule has 0 radical (unpaired) electrons. The minimum Gasteiger partial charge on any atom is -0.205 e. The van der Waals surface area contributed by atoms with Crippen LogP contribution in [-0.4, -0.2) is 22.0 Å². The fraction of sp³-hybridized carbons (Fsp3) is 0.684. The minimum atomic E-state index is -3.33. The van der Waals surface area contributed by atoms with E-state index in [1.54, 1.807) is 0 Å². The SMILES string of the molecule is CNS(=O)(=O)NCCc1ccc(C2CCC(C(C)(C)C)CC2)cc1. The van der Waals surface area contributed by atoms with Crippen molar-refractivity contribution in [3.63, 3.8) is 0 Å². The predicted octanol–water partition coefficient (Wildman–Crippen LogP) is 3.60. The van der Waals surface area contributed by atoms with Gasteiger partial charge in [-0.15, -0.1) is 0 Å². The van der Waals surface area contributed by atoms with Gasteiger partial charge in [0.25, 0.3) is 10.2 Å². The average Bonchev–Trinajstić information content (AvgIpc) is 2.55. The normalized spacial score (nSPS) is 22.5. The molecule has 136 valence electrons. The van der Waals surface area contributed by atoms with Gasteiger partial charge in [0.2, 0.25) is 0 Å². The Hall–Kier alpha value is -0.910. The number of rotatable bonds is 6. The second kappa shape index (κ2) is 7.98. The van der Waals surface area contributed by atoms with Crippen molar-refractivity contribution >= 4 is 10.2 Å². The van der Waals surface area contributed by atoms with Gasteiger partial charge in [0, 0.05) is 13.6 Å². The molecule has 0 aromatic heterocycles. The minimum absolute atomic E-state index is 0.416. The third kappa shape index (κ3) is 5.57. The molecule has 2 rings (SSSR count). The van der Waals surface area contributed by atoms with Crippen molar-refractivity contribution in [2.24, 2.45) is 11.3 Å². The predicted molar refractivity (Wildman–Crippen MR) is 100 cm³/mol. The number of hydrogen-bond acceptors (Lipinski definition) is 2. The van der Waals surface area contributed by atoms with Gasteiger partial charge in [0.1, 0.15) is 0 Å². The lowest BCUT2D eigenvalue weighted by atomic mass is 9.68. The molecular weight excluding hydrogens is 320 g/mol. The first-order chi connectivity index (χ1) is 11.2. The molecule has 0 spiro atoms. The summed E-state index contributed by atoms with van der Waals surface area (Å²) in [5.41, 5.74) is 3.03. The van der Waals surface area contributed by atoms with Crippen molar-refractivity contribution in [2.45, 2.75) is 58.8 Å². The standard InChI is InChI=1S/C19H32N2O2S/c1-19(2,3)18-11-9-17(10-12-18)16-7-5-15(6-8-16)13-14-21-24(22,23)20-4/h5-8,17-18,20-21H,9-14H2,1-4H3. The van der Waals surface area contributed by atoms with Crippen molar-refractivity contribution in [3.05, 3.63) is 35.4 Å². The first kappa shape index (κ1) is 19.4. The highest BCUT2D eigenvalue weighted by atomic mass is 32.2. The van der Waals surface area contributed by atoms with E-state index in [4.69, 9.17) is 0 Å². The zero-order valence-electron chi connectivity index (χ0n) is 15.4. The smallest absolute Gasteiger partial charge is 0.205 e. The first-order valence-electron chi connectivity index (χ1n) is 8.98. The molecule has 1 aliphatic carbocycles. The Kier molecular flexibility index (Phi) is 6.46. The van der Waals surface area contributed by atoms with E-state index >= 15 is 0 Å². The molecule has 0 heterocycles. The average molecular weight is 353 g/mol. The second-order valence-corrected chi connectivity index (χ2v) is 9.71. The molecule has 0 atom stereocenters. The zero-order chi connectivity index (χ0) is 17.8. The topological polar surface area (TPSA) is 58.2 Å². The van der Waals surface area contributed by atoms with Gasteiger partial charge in [-0.05, 0) is 60.5 Å². The molecular formula is C19H32N2O2S. The summed E-state index contributed by atoms with van der Waals surface area (Å²) in [7, 11) is -1.92. The Labute approximate surface area is 147 Å². The number of nitrogens with one attached hydrogen (secondary N) is 2. The zero-order valence-corrected chi connectivity index (χ0v) is 16.2. The summed E-state index contributed by atoms with van der Waals surface area (Å²) in [6.07, 6.45) is 5.91. The summed E-state index contributed by atoms with van der Waals surface area (Å²) in [4.78, 5) is 0. The molecule has 4 nitrogen and oxygen atoms in total. The van der Waals surface area contributed by atoms with Gasteiger partial charge in [-0.3, -0.25) is 0 Å². The molecule has 1 aromatic carbocycles. The van der Waals surface area contributed by atoms with Crippen LogP contribution >= 0.6 is 0 Å². The third-order valence-corrected chi connectivity index (χ3v) is 6.50. The van der Waals surface area contributed by atoms with Crippen molar-refractivity contribution in [1.29, 1.82) is 0 Å². The van der Waals surface area contributed by atoms with Gasteiger partial charge in [0.15, 0.2) is 0 Å². The lowest BCUT2D eigenvalue weighted by molar-refractivity contribution is 0.169. The van der Waals surface area contributed by atoms with E-state index in [0.717, 1.165) is 5.92 Å². The highest BCUT2D eigenvalue weighted by molar-refractivity contribution is 7.87. The third-order valence-electron chi connectivity index (χ3n) is 5.38. The lowest BCUT2D eigenvalue weighted by Crippen LogP contribution is -2.35.